The second-order valence-electron chi connectivity index (χ2n) is 12.1. The number of rotatable bonds is 3. The molecule has 5 aliphatic rings. The molecule has 0 radical (unpaired) electrons. The number of ether oxygens (including phenoxy) is 2. The third-order valence-electron chi connectivity index (χ3n) is 11.3. The Morgan fingerprint density at radius 1 is 0.931 bits per heavy atom. The van der Waals surface area contributed by atoms with Crippen LogP contribution in [0.2, 0.25) is 0 Å². The Morgan fingerprint density at radius 3 is 2.38 bits per heavy atom. The van der Waals surface area contributed by atoms with Crippen molar-refractivity contribution in [2.45, 2.75) is 110 Å². The van der Waals surface area contributed by atoms with Gasteiger partial charge in [-0.3, -0.25) is 0 Å². The maximum atomic E-state index is 11.7. The van der Waals surface area contributed by atoms with E-state index in [0.717, 1.165) is 62.6 Å². The second kappa shape index (κ2) is 6.94. The Kier molecular flexibility index (Phi) is 4.97. The topological polar surface area (TPSA) is 38.7 Å². The van der Waals surface area contributed by atoms with Gasteiger partial charge in [-0.2, -0.15) is 0 Å². The summed E-state index contributed by atoms with van der Waals surface area (Å²) in [7, 11) is 0. The Bertz CT molecular complexity index is 627. The van der Waals surface area contributed by atoms with Gasteiger partial charge in [0.05, 0.1) is 18.8 Å². The molecule has 166 valence electrons. The molecular weight excluding hydrogens is 360 g/mol. The number of fused-ring (bicyclic) bond motifs is 5. The zero-order chi connectivity index (χ0) is 20.5. The fourth-order valence-corrected chi connectivity index (χ4v) is 9.43. The van der Waals surface area contributed by atoms with Crippen molar-refractivity contribution >= 4 is 0 Å². The van der Waals surface area contributed by atoms with Gasteiger partial charge in [0.2, 0.25) is 0 Å². The van der Waals surface area contributed by atoms with Crippen LogP contribution in [-0.2, 0) is 9.47 Å². The van der Waals surface area contributed by atoms with Crippen LogP contribution in [0.3, 0.4) is 0 Å². The molecule has 0 aromatic carbocycles. The van der Waals surface area contributed by atoms with Crippen molar-refractivity contribution in [3.05, 3.63) is 0 Å². The van der Waals surface area contributed by atoms with Gasteiger partial charge >= 0.3 is 0 Å². The van der Waals surface area contributed by atoms with Gasteiger partial charge in [0.15, 0.2) is 5.79 Å². The van der Waals surface area contributed by atoms with E-state index in [-0.39, 0.29) is 11.2 Å². The largest absolute Gasteiger partial charge is 0.389 e. The maximum absolute atomic E-state index is 11.7. The van der Waals surface area contributed by atoms with E-state index >= 15 is 0 Å². The highest BCUT2D eigenvalue weighted by atomic mass is 16.7. The van der Waals surface area contributed by atoms with Crippen LogP contribution < -0.4 is 0 Å². The van der Waals surface area contributed by atoms with Gasteiger partial charge in [-0.15, -0.1) is 0 Å². The Balaban J connectivity index is 1.40. The lowest BCUT2D eigenvalue weighted by Crippen LogP contribution is -2.60. The highest BCUT2D eigenvalue weighted by Gasteiger charge is 2.66. The smallest absolute Gasteiger partial charge is 0.169 e. The number of unbranched alkanes of at least 4 members (excludes halogenated alkanes) is 1. The summed E-state index contributed by atoms with van der Waals surface area (Å²) in [6.07, 6.45) is 13.1. The zero-order valence-corrected chi connectivity index (χ0v) is 19.3. The molecule has 8 atom stereocenters. The molecule has 0 aromatic rings. The van der Waals surface area contributed by atoms with E-state index < -0.39 is 5.60 Å². The molecule has 4 saturated carbocycles. The minimum Gasteiger partial charge on any atom is -0.389 e. The molecule has 1 aliphatic heterocycles. The predicted molar refractivity (Wildman–Crippen MR) is 115 cm³/mol. The third-order valence-corrected chi connectivity index (χ3v) is 11.3. The molecule has 0 unspecified atom stereocenters. The molecule has 29 heavy (non-hydrogen) atoms. The summed E-state index contributed by atoms with van der Waals surface area (Å²) < 4.78 is 12.4. The monoisotopic (exact) mass is 404 g/mol. The molecule has 1 N–H and O–H groups in total. The minimum atomic E-state index is -0.413. The van der Waals surface area contributed by atoms with Gasteiger partial charge in [-0.25, -0.2) is 0 Å². The van der Waals surface area contributed by atoms with Crippen LogP contribution in [0.25, 0.3) is 0 Å². The first-order valence-electron chi connectivity index (χ1n) is 12.8. The van der Waals surface area contributed by atoms with E-state index in [1.807, 2.05) is 0 Å². The first-order valence-corrected chi connectivity index (χ1v) is 12.8. The molecule has 5 rings (SSSR count). The highest BCUT2D eigenvalue weighted by molar-refractivity contribution is 5.15. The maximum Gasteiger partial charge on any atom is 0.169 e. The normalized spacial score (nSPS) is 53.5. The van der Waals surface area contributed by atoms with E-state index in [9.17, 15) is 5.11 Å². The molecule has 3 nitrogen and oxygen atoms in total. The summed E-state index contributed by atoms with van der Waals surface area (Å²) >= 11 is 0. The van der Waals surface area contributed by atoms with Crippen molar-refractivity contribution < 1.29 is 14.6 Å². The van der Waals surface area contributed by atoms with Crippen molar-refractivity contribution in [1.29, 1.82) is 0 Å². The lowest BCUT2D eigenvalue weighted by atomic mass is 9.42. The van der Waals surface area contributed by atoms with Crippen LogP contribution in [0.1, 0.15) is 98.3 Å². The van der Waals surface area contributed by atoms with Gasteiger partial charge in [0.25, 0.3) is 0 Å². The van der Waals surface area contributed by atoms with Gasteiger partial charge < -0.3 is 14.6 Å². The summed E-state index contributed by atoms with van der Waals surface area (Å²) in [6.45, 7) is 11.4. The standard InChI is InChI=1S/C26H44O3/c1-5-6-11-25(27)13-10-21-20-8-7-19-17-26(28-14-15-29-26)16-18(2)24(19,4)22(20)9-12-23(21,25)3/h18-22,27H,5-17H2,1-4H3/t18-,19-,20-,21-,22-,23-,24-,25-/m0/s1. The molecule has 0 bridgehead atoms. The Labute approximate surface area is 178 Å². The highest BCUT2D eigenvalue weighted by Crippen LogP contribution is 2.70. The molecule has 3 heteroatoms. The average molecular weight is 405 g/mol. The van der Waals surface area contributed by atoms with Crippen molar-refractivity contribution in [1.82, 2.24) is 0 Å². The van der Waals surface area contributed by atoms with Crippen molar-refractivity contribution in [3.63, 3.8) is 0 Å². The molecule has 0 aromatic heterocycles. The van der Waals surface area contributed by atoms with E-state index in [1.165, 1.54) is 44.9 Å². The zero-order valence-electron chi connectivity index (χ0n) is 19.3. The molecule has 5 fully saturated rings. The number of hydrogen-bond acceptors (Lipinski definition) is 3. The fourth-order valence-electron chi connectivity index (χ4n) is 9.43. The molecule has 1 spiro atoms. The van der Waals surface area contributed by atoms with Crippen LogP contribution in [0.15, 0.2) is 0 Å². The molecule has 1 heterocycles. The molecule has 4 aliphatic carbocycles. The molecule has 1 saturated heterocycles. The quantitative estimate of drug-likeness (QED) is 0.633. The van der Waals surface area contributed by atoms with Crippen LogP contribution in [0.5, 0.6) is 0 Å². The predicted octanol–water partition coefficient (Wildman–Crippen LogP) is 5.94. The first-order chi connectivity index (χ1) is 13.8. The molecular formula is C26H44O3. The van der Waals surface area contributed by atoms with Crippen LogP contribution in [0, 0.1) is 40.4 Å². The summed E-state index contributed by atoms with van der Waals surface area (Å²) in [5, 5.41) is 11.7. The SMILES string of the molecule is CCCC[C@]1(O)CC[C@H]2[C@@H]3CC[C@H]4CC5(C[C@H](C)[C@]4(C)[C@H]3CC[C@@]21C)OCCO5. The summed E-state index contributed by atoms with van der Waals surface area (Å²) in [4.78, 5) is 0. The lowest BCUT2D eigenvalue weighted by molar-refractivity contribution is -0.250. The Morgan fingerprint density at radius 2 is 1.66 bits per heavy atom. The fraction of sp³-hybridized carbons (Fsp3) is 1.00. The summed E-state index contributed by atoms with van der Waals surface area (Å²) in [5.41, 5.74) is 0.141. The van der Waals surface area contributed by atoms with E-state index in [1.54, 1.807) is 0 Å². The number of aliphatic hydroxyl groups is 1. The van der Waals surface area contributed by atoms with Gasteiger partial charge in [0, 0.05) is 12.8 Å². The minimum absolute atomic E-state index is 0.142. The number of hydrogen-bond donors (Lipinski definition) is 1. The van der Waals surface area contributed by atoms with Crippen molar-refractivity contribution in [2.75, 3.05) is 13.2 Å². The average Bonchev–Trinajstić information content (AvgIpc) is 3.24. The van der Waals surface area contributed by atoms with Gasteiger partial charge in [-0.1, -0.05) is 40.5 Å². The van der Waals surface area contributed by atoms with Gasteiger partial charge in [0.1, 0.15) is 0 Å². The lowest BCUT2D eigenvalue weighted by Gasteiger charge is -2.64. The van der Waals surface area contributed by atoms with E-state index in [2.05, 4.69) is 27.7 Å². The molecule has 0 amide bonds. The Hall–Kier alpha value is -0.120. The second-order valence-corrected chi connectivity index (χ2v) is 12.1. The van der Waals surface area contributed by atoms with Crippen molar-refractivity contribution in [3.8, 4) is 0 Å². The van der Waals surface area contributed by atoms with Gasteiger partial charge in [-0.05, 0) is 85.4 Å². The van der Waals surface area contributed by atoms with E-state index in [4.69, 9.17) is 9.47 Å². The van der Waals surface area contributed by atoms with Crippen LogP contribution in [-0.4, -0.2) is 29.7 Å². The van der Waals surface area contributed by atoms with Crippen LogP contribution in [0.4, 0.5) is 0 Å². The van der Waals surface area contributed by atoms with Crippen LogP contribution >= 0.6 is 0 Å². The van der Waals surface area contributed by atoms with E-state index in [0.29, 0.717) is 11.3 Å². The third kappa shape index (κ3) is 2.79. The first kappa shape index (κ1) is 20.8. The summed E-state index contributed by atoms with van der Waals surface area (Å²) in [6, 6.07) is 0. The summed E-state index contributed by atoms with van der Waals surface area (Å²) in [5.74, 6) is 3.47. The van der Waals surface area contributed by atoms with Crippen molar-refractivity contribution in [2.24, 2.45) is 40.4 Å².